The number of alkyl carbamates (subject to hydrolysis) is 1. The topological polar surface area (TPSA) is 64.6 Å². The van der Waals surface area contributed by atoms with Crippen LogP contribution < -0.4 is 21.2 Å². The van der Waals surface area contributed by atoms with E-state index < -0.39 is 29.7 Å². The second-order valence-electron chi connectivity index (χ2n) is 10.0. The highest BCUT2D eigenvalue weighted by molar-refractivity contribution is 8.25. The molecule has 1 atom stereocenters. The lowest BCUT2D eigenvalue weighted by Gasteiger charge is -2.25. The van der Waals surface area contributed by atoms with Crippen LogP contribution in [0.3, 0.4) is 0 Å². The monoisotopic (exact) mass is 557 g/mol. The minimum atomic E-state index is -2.35. The van der Waals surface area contributed by atoms with Crippen LogP contribution in [0, 0.1) is 0 Å². The summed E-state index contributed by atoms with van der Waals surface area (Å²) < 4.78 is 11.0. The predicted octanol–water partition coefficient (Wildman–Crippen LogP) is 5.75. The van der Waals surface area contributed by atoms with E-state index >= 15 is 0 Å². The quantitative estimate of drug-likeness (QED) is 0.221. The number of hydrogen-bond acceptors (Lipinski definition) is 5. The van der Waals surface area contributed by atoms with Gasteiger partial charge in [0, 0.05) is 6.04 Å². The van der Waals surface area contributed by atoms with Crippen molar-refractivity contribution in [1.82, 2.24) is 5.32 Å². The Bertz CT molecular complexity index is 1390. The molecule has 5 nitrogen and oxygen atoms in total. The fourth-order valence-electron chi connectivity index (χ4n) is 4.12. The number of amides is 1. The zero-order valence-electron chi connectivity index (χ0n) is 22.2. The van der Waals surface area contributed by atoms with Crippen LogP contribution in [0.25, 0.3) is 0 Å². The molecule has 0 bridgehead atoms. The number of hydrogen-bond donors (Lipinski definition) is 1. The third-order valence-corrected chi connectivity index (χ3v) is 10.9. The molecular weight excluding hydrogens is 525 g/mol. The highest BCUT2D eigenvalue weighted by atomic mass is 32.4. The van der Waals surface area contributed by atoms with Crippen molar-refractivity contribution in [3.8, 4) is 0 Å². The first-order valence-electron chi connectivity index (χ1n) is 12.7. The first kappa shape index (κ1) is 28.3. The van der Waals surface area contributed by atoms with Crippen molar-refractivity contribution in [3.05, 3.63) is 126 Å². The van der Waals surface area contributed by atoms with Crippen molar-refractivity contribution in [3.63, 3.8) is 0 Å². The Morgan fingerprint density at radius 2 is 1.21 bits per heavy atom. The van der Waals surface area contributed by atoms with Crippen LogP contribution in [0.5, 0.6) is 0 Å². The predicted molar refractivity (Wildman–Crippen MR) is 161 cm³/mol. The van der Waals surface area contributed by atoms with E-state index in [-0.39, 0.29) is 6.61 Å². The molecule has 0 fully saturated rings. The smallest absolute Gasteiger partial charge is 0.408 e. The van der Waals surface area contributed by atoms with E-state index in [1.807, 2.05) is 91.0 Å². The van der Waals surface area contributed by atoms with Gasteiger partial charge in [-0.05, 0) is 47.8 Å². The van der Waals surface area contributed by atoms with Crippen molar-refractivity contribution in [2.24, 2.45) is 0 Å². The molecule has 0 unspecified atom stereocenters. The highest BCUT2D eigenvalue weighted by Crippen LogP contribution is 2.42. The fourth-order valence-corrected chi connectivity index (χ4v) is 7.86. The summed E-state index contributed by atoms with van der Waals surface area (Å²) >= 11 is 6.42. The molecule has 0 aliphatic heterocycles. The maximum atomic E-state index is 13.2. The molecule has 4 aromatic rings. The molecule has 0 saturated carbocycles. The lowest BCUT2D eigenvalue weighted by atomic mass is 10.1. The van der Waals surface area contributed by atoms with Gasteiger partial charge in [-0.25, -0.2) is 9.59 Å². The Hall–Kier alpha value is -3.73. The Labute approximate surface area is 235 Å². The van der Waals surface area contributed by atoms with Crippen LogP contribution in [-0.4, -0.2) is 17.7 Å². The van der Waals surface area contributed by atoms with Crippen molar-refractivity contribution < 1.29 is 19.1 Å². The average molecular weight is 558 g/mol. The maximum absolute atomic E-state index is 13.2. The van der Waals surface area contributed by atoms with Gasteiger partial charge in [0.2, 0.25) is 0 Å². The van der Waals surface area contributed by atoms with E-state index in [1.54, 1.807) is 20.8 Å². The van der Waals surface area contributed by atoms with Crippen LogP contribution in [0.4, 0.5) is 4.79 Å². The first-order valence-corrected chi connectivity index (χ1v) is 15.5. The van der Waals surface area contributed by atoms with Crippen molar-refractivity contribution in [2.75, 3.05) is 0 Å². The third-order valence-electron chi connectivity index (χ3n) is 5.95. The molecule has 0 spiro atoms. The first-order chi connectivity index (χ1) is 18.7. The van der Waals surface area contributed by atoms with Crippen LogP contribution in [0.2, 0.25) is 0 Å². The SMILES string of the molecule is CC(C)(C)OC(=O)N[C@H](C(=O)OCc1ccccc1)c1ccc(P(=S)(c2ccccc2)c2ccccc2)cc1. The van der Waals surface area contributed by atoms with Gasteiger partial charge in [-0.15, -0.1) is 0 Å². The second-order valence-corrected chi connectivity index (χ2v) is 14.5. The molecular formula is C32H32NO4PS. The largest absolute Gasteiger partial charge is 0.459 e. The highest BCUT2D eigenvalue weighted by Gasteiger charge is 2.29. The number of nitrogens with one attached hydrogen (secondary N) is 1. The Morgan fingerprint density at radius 3 is 1.69 bits per heavy atom. The number of carbonyl (C=O) groups excluding carboxylic acids is 2. The van der Waals surface area contributed by atoms with Gasteiger partial charge in [-0.2, -0.15) is 0 Å². The molecule has 4 aromatic carbocycles. The lowest BCUT2D eigenvalue weighted by Crippen LogP contribution is -2.39. The van der Waals surface area contributed by atoms with E-state index in [2.05, 4.69) is 29.6 Å². The third kappa shape index (κ3) is 7.23. The summed E-state index contributed by atoms with van der Waals surface area (Å²) in [6.45, 7) is 5.39. The van der Waals surface area contributed by atoms with Crippen LogP contribution >= 0.6 is 6.04 Å². The Morgan fingerprint density at radius 1 is 0.744 bits per heavy atom. The van der Waals surface area contributed by atoms with E-state index in [4.69, 9.17) is 21.3 Å². The van der Waals surface area contributed by atoms with Gasteiger partial charge in [-0.3, -0.25) is 0 Å². The van der Waals surface area contributed by atoms with Crippen LogP contribution in [-0.2, 0) is 32.7 Å². The summed E-state index contributed by atoms with van der Waals surface area (Å²) in [5.74, 6) is -0.581. The van der Waals surface area contributed by atoms with E-state index in [9.17, 15) is 9.59 Å². The molecule has 1 N–H and O–H groups in total. The van der Waals surface area contributed by atoms with Crippen molar-refractivity contribution >= 4 is 45.8 Å². The van der Waals surface area contributed by atoms with Crippen molar-refractivity contribution in [1.29, 1.82) is 0 Å². The van der Waals surface area contributed by atoms with Crippen LogP contribution in [0.15, 0.2) is 115 Å². The summed E-state index contributed by atoms with van der Waals surface area (Å²) in [4.78, 5) is 25.9. The van der Waals surface area contributed by atoms with Gasteiger partial charge in [0.15, 0.2) is 6.04 Å². The molecule has 0 radical (unpaired) electrons. The van der Waals surface area contributed by atoms with E-state index in [1.165, 1.54) is 0 Å². The van der Waals surface area contributed by atoms with Gasteiger partial charge in [0.25, 0.3) is 0 Å². The molecule has 7 heteroatoms. The molecule has 0 aliphatic carbocycles. The summed E-state index contributed by atoms with van der Waals surface area (Å²) in [5, 5.41) is 5.82. The summed E-state index contributed by atoms with van der Waals surface area (Å²) in [5.41, 5.74) is 0.707. The molecule has 4 rings (SSSR count). The number of rotatable bonds is 8. The molecule has 0 heterocycles. The minimum absolute atomic E-state index is 0.0903. The summed E-state index contributed by atoms with van der Waals surface area (Å²) in [6.07, 6.45) is -0.702. The fraction of sp³-hybridized carbons (Fsp3) is 0.188. The number of carbonyl (C=O) groups is 2. The van der Waals surface area contributed by atoms with Gasteiger partial charge >= 0.3 is 12.1 Å². The van der Waals surface area contributed by atoms with Gasteiger partial charge < -0.3 is 14.8 Å². The number of esters is 1. The van der Waals surface area contributed by atoms with Gasteiger partial charge in [-0.1, -0.05) is 127 Å². The zero-order valence-corrected chi connectivity index (χ0v) is 24.0. The lowest BCUT2D eigenvalue weighted by molar-refractivity contribution is -0.147. The Balaban J connectivity index is 1.66. The van der Waals surface area contributed by atoms with E-state index in [0.29, 0.717) is 5.56 Å². The molecule has 0 saturated heterocycles. The standard InChI is InChI=1S/C32H32NO4PS/c1-32(2,3)37-31(35)33-29(30(34)36-23-24-13-7-4-8-14-24)25-19-21-28(22-20-25)38(39,26-15-9-5-10-16-26)27-17-11-6-12-18-27/h4-22,29H,23H2,1-3H3,(H,33,35)/t29-/m0/s1. The maximum Gasteiger partial charge on any atom is 0.408 e. The normalized spacial score (nSPS) is 12.3. The zero-order chi connectivity index (χ0) is 27.9. The number of benzene rings is 4. The van der Waals surface area contributed by atoms with Crippen LogP contribution in [0.1, 0.15) is 37.9 Å². The minimum Gasteiger partial charge on any atom is -0.459 e. The van der Waals surface area contributed by atoms with Gasteiger partial charge in [0.1, 0.15) is 12.2 Å². The number of ether oxygens (including phenoxy) is 2. The molecule has 39 heavy (non-hydrogen) atoms. The second kappa shape index (κ2) is 12.4. The molecule has 0 aromatic heterocycles. The van der Waals surface area contributed by atoms with Crippen molar-refractivity contribution in [2.45, 2.75) is 39.0 Å². The summed E-state index contributed by atoms with van der Waals surface area (Å²) in [6, 6.07) is 33.7. The van der Waals surface area contributed by atoms with Gasteiger partial charge in [0.05, 0.1) is 0 Å². The molecule has 1 amide bonds. The molecule has 0 aliphatic rings. The van der Waals surface area contributed by atoms with E-state index in [0.717, 1.165) is 21.5 Å². The Kier molecular flexibility index (Phi) is 9.01. The average Bonchev–Trinajstić information content (AvgIpc) is 2.95. The molecule has 200 valence electrons. The summed E-state index contributed by atoms with van der Waals surface area (Å²) in [7, 11) is 0.